The van der Waals surface area contributed by atoms with Crippen molar-refractivity contribution in [3.63, 3.8) is 0 Å². The first kappa shape index (κ1) is 24.0. The van der Waals surface area contributed by atoms with Crippen LogP contribution in [0.3, 0.4) is 0 Å². The molecule has 0 bridgehead atoms. The van der Waals surface area contributed by atoms with Gasteiger partial charge in [0.05, 0.1) is 10.7 Å². The monoisotopic (exact) mass is 516 g/mol. The minimum absolute atomic E-state index is 0. The van der Waals surface area contributed by atoms with E-state index in [2.05, 4.69) is 20.4 Å². The summed E-state index contributed by atoms with van der Waals surface area (Å²) in [5.74, 6) is -1.95. The number of hydrogen-bond donors (Lipinski definition) is 3. The van der Waals surface area contributed by atoms with Crippen molar-refractivity contribution >= 4 is 75.5 Å². The van der Waals surface area contributed by atoms with Crippen molar-refractivity contribution in [3.8, 4) is 0 Å². The number of rotatable bonds is 7. The maximum Gasteiger partial charge on any atom is 0.352 e. The number of halogens is 1. The summed E-state index contributed by atoms with van der Waals surface area (Å²) >= 11 is 3.95. The van der Waals surface area contributed by atoms with Gasteiger partial charge in [-0.05, 0) is 13.0 Å². The lowest BCUT2D eigenvalue weighted by atomic mass is 10.0. The van der Waals surface area contributed by atoms with Crippen LogP contribution >= 0.6 is 46.8 Å². The van der Waals surface area contributed by atoms with Gasteiger partial charge in [-0.25, -0.2) is 14.8 Å². The summed E-state index contributed by atoms with van der Waals surface area (Å²) in [6.45, 7) is 1.92. The zero-order chi connectivity index (χ0) is 22.1. The molecule has 2 aromatic rings. The van der Waals surface area contributed by atoms with E-state index < -0.39 is 29.2 Å². The molecule has 0 spiro atoms. The molecule has 15 heteroatoms. The van der Waals surface area contributed by atoms with Gasteiger partial charge >= 0.3 is 5.97 Å². The number of aliphatic carboxylic acids is 1. The van der Waals surface area contributed by atoms with E-state index >= 15 is 0 Å². The maximum absolute atomic E-state index is 12.9. The van der Waals surface area contributed by atoms with Crippen LogP contribution in [0.2, 0.25) is 0 Å². The molecule has 2 aliphatic heterocycles. The standard InChI is InChI=1S/C17H16N6O5S3.ClH/c1-7-19-8(5-30-7)4-28-22-11(9-6-31-17(18)20-9)13(24)21-12-14(25)23-10(16(26)27)2-3-29-15(12)23;/h2,5-6,12,15H,3-4H2,1H3,(H2,18,20)(H,21,24)(H,26,27);1H/t12?,15-;/m1./s1. The summed E-state index contributed by atoms with van der Waals surface area (Å²) in [6, 6.07) is -0.886. The molecular weight excluding hydrogens is 500 g/mol. The second-order valence-electron chi connectivity index (χ2n) is 6.42. The molecule has 11 nitrogen and oxygen atoms in total. The minimum Gasteiger partial charge on any atom is -0.477 e. The van der Waals surface area contributed by atoms with Crippen LogP contribution in [0.15, 0.2) is 27.7 Å². The van der Waals surface area contributed by atoms with Gasteiger partial charge in [-0.2, -0.15) is 0 Å². The number of carboxylic acids is 1. The number of aromatic nitrogens is 2. The van der Waals surface area contributed by atoms with Gasteiger partial charge in [0, 0.05) is 16.5 Å². The number of hydrogen-bond acceptors (Lipinski definition) is 11. The van der Waals surface area contributed by atoms with Crippen LogP contribution in [0.25, 0.3) is 0 Å². The third-order valence-electron chi connectivity index (χ3n) is 4.37. The highest BCUT2D eigenvalue weighted by Gasteiger charge is 2.53. The first-order valence-electron chi connectivity index (χ1n) is 8.86. The number of amides is 2. The van der Waals surface area contributed by atoms with E-state index in [0.29, 0.717) is 11.4 Å². The second-order valence-corrected chi connectivity index (χ2v) is 9.52. The van der Waals surface area contributed by atoms with Crippen LogP contribution in [0.4, 0.5) is 5.13 Å². The van der Waals surface area contributed by atoms with Gasteiger partial charge in [-0.3, -0.25) is 14.5 Å². The first-order chi connectivity index (χ1) is 14.8. The molecule has 2 atom stereocenters. The molecule has 4 N–H and O–H groups in total. The lowest BCUT2D eigenvalue weighted by Crippen LogP contribution is -2.70. The topological polar surface area (TPSA) is 160 Å². The number of nitrogens with two attached hydrogens (primary N) is 1. The summed E-state index contributed by atoms with van der Waals surface area (Å²) < 4.78 is 0. The van der Waals surface area contributed by atoms with Crippen molar-refractivity contribution in [1.29, 1.82) is 0 Å². The molecule has 170 valence electrons. The Morgan fingerprint density at radius 1 is 1.38 bits per heavy atom. The largest absolute Gasteiger partial charge is 0.477 e. The van der Waals surface area contributed by atoms with Crippen LogP contribution in [0.1, 0.15) is 16.4 Å². The van der Waals surface area contributed by atoms with E-state index in [0.717, 1.165) is 16.3 Å². The van der Waals surface area contributed by atoms with Crippen molar-refractivity contribution < 1.29 is 24.3 Å². The lowest BCUT2D eigenvalue weighted by Gasteiger charge is -2.48. The molecule has 1 fully saturated rings. The maximum atomic E-state index is 12.9. The van der Waals surface area contributed by atoms with Crippen molar-refractivity contribution in [3.05, 3.63) is 38.9 Å². The van der Waals surface area contributed by atoms with E-state index in [4.69, 9.17) is 10.6 Å². The van der Waals surface area contributed by atoms with E-state index in [-0.39, 0.29) is 41.2 Å². The number of fused-ring (bicyclic) bond motifs is 1. The summed E-state index contributed by atoms with van der Waals surface area (Å²) in [5, 5.41) is 19.8. The quantitative estimate of drug-likeness (QED) is 0.279. The lowest BCUT2D eigenvalue weighted by molar-refractivity contribution is -0.150. The van der Waals surface area contributed by atoms with Crippen LogP contribution in [0, 0.1) is 6.92 Å². The molecule has 4 heterocycles. The van der Waals surface area contributed by atoms with Gasteiger partial charge in [0.15, 0.2) is 17.5 Å². The molecule has 0 aromatic carbocycles. The number of carbonyl (C=O) groups is 3. The number of nitrogen functional groups attached to an aromatic ring is 1. The van der Waals surface area contributed by atoms with Gasteiger partial charge in [0.25, 0.3) is 11.8 Å². The zero-order valence-electron chi connectivity index (χ0n) is 16.4. The Morgan fingerprint density at radius 2 is 2.16 bits per heavy atom. The number of carboxylic acid groups (broad SMARTS) is 1. The third kappa shape index (κ3) is 4.72. The van der Waals surface area contributed by atoms with E-state index in [1.807, 2.05) is 12.3 Å². The van der Waals surface area contributed by atoms with Gasteiger partial charge in [0.2, 0.25) is 0 Å². The number of aryl methyl sites for hydroxylation is 1. The van der Waals surface area contributed by atoms with Gasteiger partial charge in [0.1, 0.15) is 22.8 Å². The molecule has 0 saturated carbocycles. The SMILES string of the molecule is Cc1nc(CON=C(C(=O)NC2C(=O)N3C(C(=O)O)=CCS[C@H]23)c2csc(N)n2)cs1.Cl. The van der Waals surface area contributed by atoms with Crippen molar-refractivity contribution in [2.45, 2.75) is 24.9 Å². The molecular formula is C17H17ClN6O5S3. The molecule has 32 heavy (non-hydrogen) atoms. The predicted molar refractivity (Wildman–Crippen MR) is 123 cm³/mol. The van der Waals surface area contributed by atoms with Gasteiger partial charge in [-0.1, -0.05) is 5.16 Å². The van der Waals surface area contributed by atoms with Crippen LogP contribution in [0.5, 0.6) is 0 Å². The predicted octanol–water partition coefficient (Wildman–Crippen LogP) is 1.20. The highest BCUT2D eigenvalue weighted by Crippen LogP contribution is 2.37. The Bertz CT molecular complexity index is 1120. The normalized spacial score (nSPS) is 19.9. The van der Waals surface area contributed by atoms with E-state index in [1.54, 1.807) is 5.38 Å². The van der Waals surface area contributed by atoms with E-state index in [9.17, 15) is 19.5 Å². The fourth-order valence-electron chi connectivity index (χ4n) is 2.99. The third-order valence-corrected chi connectivity index (χ3v) is 7.05. The molecule has 2 aromatic heterocycles. The number of nitrogens with zero attached hydrogens (tertiary/aromatic N) is 4. The fraction of sp³-hybridized carbons (Fsp3) is 0.294. The molecule has 0 radical (unpaired) electrons. The van der Waals surface area contributed by atoms with Crippen LogP contribution in [-0.2, 0) is 25.8 Å². The van der Waals surface area contributed by atoms with Crippen molar-refractivity contribution in [2.75, 3.05) is 11.5 Å². The zero-order valence-corrected chi connectivity index (χ0v) is 19.6. The number of thioether (sulfide) groups is 1. The number of nitrogens with one attached hydrogen (secondary N) is 1. The van der Waals surface area contributed by atoms with Crippen molar-refractivity contribution in [2.24, 2.45) is 5.16 Å². The second kappa shape index (κ2) is 9.85. The number of thiazole rings is 2. The average Bonchev–Trinajstić information content (AvgIpc) is 3.36. The van der Waals surface area contributed by atoms with Crippen LogP contribution < -0.4 is 11.1 Å². The average molecular weight is 517 g/mol. The molecule has 4 rings (SSSR count). The Morgan fingerprint density at radius 3 is 2.78 bits per heavy atom. The van der Waals surface area contributed by atoms with Crippen LogP contribution in [-0.4, -0.2) is 60.6 Å². The first-order valence-corrected chi connectivity index (χ1v) is 11.7. The van der Waals surface area contributed by atoms with Gasteiger partial charge in [-0.15, -0.1) is 46.8 Å². The minimum atomic E-state index is -1.19. The highest BCUT2D eigenvalue weighted by molar-refractivity contribution is 8.00. The Balaban J connectivity index is 0.00000289. The number of carbonyl (C=O) groups excluding carboxylic acids is 2. The van der Waals surface area contributed by atoms with Gasteiger partial charge < -0.3 is 21.0 Å². The van der Waals surface area contributed by atoms with Crippen molar-refractivity contribution in [1.82, 2.24) is 20.2 Å². The molecule has 2 amide bonds. The molecule has 1 unspecified atom stereocenters. The summed E-state index contributed by atoms with van der Waals surface area (Å²) in [6.07, 6.45) is 1.47. The Kier molecular flexibility index (Phi) is 7.38. The molecule has 2 aliphatic rings. The smallest absolute Gasteiger partial charge is 0.352 e. The van der Waals surface area contributed by atoms with E-state index in [1.165, 1.54) is 34.1 Å². The summed E-state index contributed by atoms with van der Waals surface area (Å²) in [5.41, 5.74) is 6.33. The number of anilines is 1. The fourth-order valence-corrected chi connectivity index (χ4v) is 5.33. The Labute approximate surface area is 200 Å². The Hall–Kier alpha value is -2.68. The number of β-lactam (4-membered cyclic amide) rings is 1. The highest BCUT2D eigenvalue weighted by atomic mass is 35.5. The summed E-state index contributed by atoms with van der Waals surface area (Å²) in [4.78, 5) is 51.5. The summed E-state index contributed by atoms with van der Waals surface area (Å²) in [7, 11) is 0. The number of oxime groups is 1. The molecule has 0 aliphatic carbocycles. The molecule has 1 saturated heterocycles.